The van der Waals surface area contributed by atoms with Crippen molar-refractivity contribution in [2.45, 2.75) is 32.7 Å². The first-order chi connectivity index (χ1) is 15.8. The molecule has 0 aliphatic rings. The molecule has 1 N–H and O–H groups in total. The number of fused-ring (bicyclic) bond motifs is 1. The van der Waals surface area contributed by atoms with Gasteiger partial charge in [-0.2, -0.15) is 0 Å². The van der Waals surface area contributed by atoms with E-state index < -0.39 is 35.2 Å². The highest BCUT2D eigenvalue weighted by Gasteiger charge is 2.21. The number of hydrogen-bond acceptors (Lipinski definition) is 3. The van der Waals surface area contributed by atoms with Crippen molar-refractivity contribution in [3.05, 3.63) is 116 Å². The van der Waals surface area contributed by atoms with E-state index in [9.17, 15) is 23.2 Å². The first kappa shape index (κ1) is 22.3. The zero-order chi connectivity index (χ0) is 23.7. The van der Waals surface area contributed by atoms with Gasteiger partial charge in [0.25, 0.3) is 5.56 Å². The fourth-order valence-electron chi connectivity index (χ4n) is 4.12. The Morgan fingerprint density at radius 3 is 2.42 bits per heavy atom. The number of hydrogen-bond donors (Lipinski definition) is 1. The summed E-state index contributed by atoms with van der Waals surface area (Å²) in [5.41, 5.74) is 0.437. The van der Waals surface area contributed by atoms with Crippen molar-refractivity contribution in [3.63, 3.8) is 0 Å². The van der Waals surface area contributed by atoms with Gasteiger partial charge in [0.05, 0.1) is 6.54 Å². The monoisotopic (exact) mass is 448 g/mol. The number of Topliss-reactive ketones (excluding diaryl/α,β-unsaturated/α-hetero) is 1. The number of rotatable bonds is 6. The topological polar surface area (TPSA) is 71.9 Å². The Morgan fingerprint density at radius 2 is 1.70 bits per heavy atom. The average Bonchev–Trinajstić information content (AvgIpc) is 2.78. The van der Waals surface area contributed by atoms with Gasteiger partial charge in [0.15, 0.2) is 17.4 Å². The van der Waals surface area contributed by atoms with Gasteiger partial charge >= 0.3 is 5.69 Å². The predicted octanol–water partition coefficient (Wildman–Crippen LogP) is 4.57. The third-order valence-corrected chi connectivity index (χ3v) is 5.71. The second kappa shape index (κ2) is 8.94. The van der Waals surface area contributed by atoms with Gasteiger partial charge in [0, 0.05) is 23.2 Å². The number of benzene rings is 3. The van der Waals surface area contributed by atoms with Crippen LogP contribution in [0.5, 0.6) is 0 Å². The molecule has 7 heteroatoms. The summed E-state index contributed by atoms with van der Waals surface area (Å²) >= 11 is 0. The summed E-state index contributed by atoms with van der Waals surface area (Å²) in [4.78, 5) is 40.7. The normalized spacial score (nSPS) is 11.3. The van der Waals surface area contributed by atoms with Crippen LogP contribution in [0, 0.1) is 11.6 Å². The molecule has 4 rings (SSSR count). The molecular formula is C26H22F2N2O3. The summed E-state index contributed by atoms with van der Waals surface area (Å²) < 4.78 is 28.2. The first-order valence-corrected chi connectivity index (χ1v) is 10.6. The molecule has 33 heavy (non-hydrogen) atoms. The standard InChI is InChI=1S/C26H22F2N2O3/c1-15(2)24-22(13-17-8-5-7-16-6-3-4-9-19(16)17)30(26(33)29-25(24)32)14-23(31)18-10-11-20(27)21(28)12-18/h3-12,15H,13-14H2,1-2H3,(H,29,32,33). The number of halogens is 2. The van der Waals surface area contributed by atoms with Crippen molar-refractivity contribution < 1.29 is 13.6 Å². The van der Waals surface area contributed by atoms with Crippen LogP contribution in [0.15, 0.2) is 70.3 Å². The molecule has 0 saturated heterocycles. The molecule has 0 spiro atoms. The Bertz CT molecular complexity index is 1480. The van der Waals surface area contributed by atoms with E-state index in [0.29, 0.717) is 11.3 Å². The highest BCUT2D eigenvalue weighted by molar-refractivity contribution is 5.96. The van der Waals surface area contributed by atoms with Crippen LogP contribution in [-0.2, 0) is 13.0 Å². The Hall–Kier alpha value is -3.87. The quantitative estimate of drug-likeness (QED) is 0.440. The molecule has 0 bridgehead atoms. The molecule has 0 atom stereocenters. The fraction of sp³-hybridized carbons (Fsp3) is 0.192. The molecule has 3 aromatic carbocycles. The summed E-state index contributed by atoms with van der Waals surface area (Å²) in [6.45, 7) is 3.26. The molecule has 0 aliphatic carbocycles. The van der Waals surface area contributed by atoms with Gasteiger partial charge in [0.2, 0.25) is 0 Å². The van der Waals surface area contributed by atoms with Crippen molar-refractivity contribution in [3.8, 4) is 0 Å². The summed E-state index contributed by atoms with van der Waals surface area (Å²) in [5, 5.41) is 1.98. The number of aromatic amines is 1. The molecule has 0 saturated carbocycles. The lowest BCUT2D eigenvalue weighted by molar-refractivity contribution is 0.0968. The van der Waals surface area contributed by atoms with Gasteiger partial charge in [-0.25, -0.2) is 13.6 Å². The molecule has 4 aromatic rings. The van der Waals surface area contributed by atoms with Gasteiger partial charge in [0.1, 0.15) is 0 Å². The van der Waals surface area contributed by atoms with Crippen molar-refractivity contribution >= 4 is 16.6 Å². The Balaban J connectivity index is 1.86. The van der Waals surface area contributed by atoms with E-state index in [4.69, 9.17) is 0 Å². The van der Waals surface area contributed by atoms with Crippen molar-refractivity contribution in [1.82, 2.24) is 9.55 Å². The number of ketones is 1. The highest BCUT2D eigenvalue weighted by atomic mass is 19.2. The van der Waals surface area contributed by atoms with Gasteiger partial charge in [-0.1, -0.05) is 56.3 Å². The number of nitrogens with one attached hydrogen (secondary N) is 1. The van der Waals surface area contributed by atoms with Crippen LogP contribution in [0.4, 0.5) is 8.78 Å². The van der Waals surface area contributed by atoms with Crippen LogP contribution in [-0.4, -0.2) is 15.3 Å². The fourth-order valence-corrected chi connectivity index (χ4v) is 4.12. The largest absolute Gasteiger partial charge is 0.328 e. The number of nitrogens with zero attached hydrogens (tertiary/aromatic N) is 1. The second-order valence-electron chi connectivity index (χ2n) is 8.23. The maximum Gasteiger partial charge on any atom is 0.328 e. The van der Waals surface area contributed by atoms with Gasteiger partial charge in [-0.15, -0.1) is 0 Å². The Morgan fingerprint density at radius 1 is 0.970 bits per heavy atom. The zero-order valence-corrected chi connectivity index (χ0v) is 18.2. The minimum atomic E-state index is -1.14. The third kappa shape index (κ3) is 4.39. The maximum atomic E-state index is 13.7. The molecule has 1 heterocycles. The van der Waals surface area contributed by atoms with Crippen LogP contribution < -0.4 is 11.2 Å². The smallest absolute Gasteiger partial charge is 0.292 e. The van der Waals surface area contributed by atoms with Crippen molar-refractivity contribution in [1.29, 1.82) is 0 Å². The molecule has 0 radical (unpaired) electrons. The summed E-state index contributed by atoms with van der Waals surface area (Å²) in [6, 6.07) is 16.4. The van der Waals surface area contributed by atoms with E-state index in [0.717, 1.165) is 28.5 Å². The molecule has 0 aliphatic heterocycles. The number of aromatic nitrogens is 2. The number of carbonyl (C=O) groups is 1. The van der Waals surface area contributed by atoms with E-state index in [-0.39, 0.29) is 17.9 Å². The van der Waals surface area contributed by atoms with Crippen molar-refractivity contribution in [2.75, 3.05) is 0 Å². The average molecular weight is 448 g/mol. The van der Waals surface area contributed by atoms with Crippen LogP contribution >= 0.6 is 0 Å². The lowest BCUT2D eigenvalue weighted by Gasteiger charge is -2.19. The molecule has 168 valence electrons. The molecule has 1 aromatic heterocycles. The van der Waals surface area contributed by atoms with E-state index in [1.54, 1.807) is 0 Å². The van der Waals surface area contributed by atoms with Crippen LogP contribution in [0.2, 0.25) is 0 Å². The van der Waals surface area contributed by atoms with Crippen LogP contribution in [0.1, 0.15) is 46.9 Å². The summed E-state index contributed by atoms with van der Waals surface area (Å²) in [7, 11) is 0. The van der Waals surface area contributed by atoms with E-state index in [1.807, 2.05) is 56.3 Å². The summed E-state index contributed by atoms with van der Waals surface area (Å²) in [6.07, 6.45) is 0.249. The SMILES string of the molecule is CC(C)c1c(Cc2cccc3ccccc23)n(CC(=O)c2ccc(F)c(F)c2)c(=O)[nH]c1=O. The predicted molar refractivity (Wildman–Crippen MR) is 123 cm³/mol. The lowest BCUT2D eigenvalue weighted by atomic mass is 9.95. The van der Waals surface area contributed by atoms with Crippen molar-refractivity contribution in [2.24, 2.45) is 0 Å². The highest BCUT2D eigenvalue weighted by Crippen LogP contribution is 2.24. The minimum Gasteiger partial charge on any atom is -0.292 e. The molecule has 0 amide bonds. The lowest BCUT2D eigenvalue weighted by Crippen LogP contribution is -2.37. The molecular weight excluding hydrogens is 426 g/mol. The van der Waals surface area contributed by atoms with Crippen LogP contribution in [0.25, 0.3) is 10.8 Å². The van der Waals surface area contributed by atoms with Crippen LogP contribution in [0.3, 0.4) is 0 Å². The molecule has 5 nitrogen and oxygen atoms in total. The number of H-pyrrole nitrogens is 1. The van der Waals surface area contributed by atoms with Gasteiger partial charge in [-0.05, 0) is 40.5 Å². The Labute approximate surface area is 188 Å². The van der Waals surface area contributed by atoms with E-state index in [2.05, 4.69) is 4.98 Å². The molecule has 0 unspecified atom stereocenters. The Kier molecular flexibility index (Phi) is 6.05. The zero-order valence-electron chi connectivity index (χ0n) is 18.2. The number of carbonyl (C=O) groups excluding carboxylic acids is 1. The summed E-state index contributed by atoms with van der Waals surface area (Å²) in [5.74, 6) is -3.00. The first-order valence-electron chi connectivity index (χ1n) is 10.6. The second-order valence-corrected chi connectivity index (χ2v) is 8.23. The van der Waals surface area contributed by atoms with E-state index in [1.165, 1.54) is 10.6 Å². The van der Waals surface area contributed by atoms with E-state index >= 15 is 0 Å². The van der Waals surface area contributed by atoms with Gasteiger partial charge < -0.3 is 0 Å². The minimum absolute atomic E-state index is 0.0609. The molecule has 0 fully saturated rings. The maximum absolute atomic E-state index is 13.7. The van der Waals surface area contributed by atoms with Gasteiger partial charge in [-0.3, -0.25) is 19.1 Å². The third-order valence-electron chi connectivity index (χ3n) is 5.71.